The van der Waals surface area contributed by atoms with E-state index in [2.05, 4.69) is 10.1 Å². The van der Waals surface area contributed by atoms with Crippen LogP contribution in [0.1, 0.15) is 35.1 Å². The summed E-state index contributed by atoms with van der Waals surface area (Å²) in [4.78, 5) is 47.0. The summed E-state index contributed by atoms with van der Waals surface area (Å²) < 4.78 is 47.1. The molecule has 0 bridgehead atoms. The zero-order chi connectivity index (χ0) is 26.4. The number of oxazole rings is 1. The lowest BCUT2D eigenvalue weighted by Crippen LogP contribution is -2.46. The van der Waals surface area contributed by atoms with Crippen LogP contribution in [-0.2, 0) is 29.1 Å². The van der Waals surface area contributed by atoms with E-state index in [4.69, 9.17) is 4.42 Å². The topological polar surface area (TPSA) is 105 Å². The van der Waals surface area contributed by atoms with Gasteiger partial charge in [-0.15, -0.1) is 0 Å². The highest BCUT2D eigenvalue weighted by molar-refractivity contribution is 5.98. The molecule has 194 valence electrons. The van der Waals surface area contributed by atoms with Crippen molar-refractivity contribution in [2.45, 2.75) is 44.9 Å². The lowest BCUT2D eigenvalue weighted by Gasteiger charge is -2.35. The average Bonchev–Trinajstić information content (AvgIpc) is 3.61. The third-order valence-corrected chi connectivity index (χ3v) is 6.85. The molecule has 0 spiro atoms. The number of likely N-dealkylation sites (N-methyl/N-ethyl adjacent to an activating group) is 1. The van der Waals surface area contributed by atoms with E-state index in [1.54, 1.807) is 22.8 Å². The summed E-state index contributed by atoms with van der Waals surface area (Å²) >= 11 is 0. The van der Waals surface area contributed by atoms with E-state index in [-0.39, 0.29) is 55.0 Å². The highest BCUT2D eigenvalue weighted by Crippen LogP contribution is 2.31. The number of amides is 3. The van der Waals surface area contributed by atoms with Crippen LogP contribution in [0.15, 0.2) is 35.4 Å². The van der Waals surface area contributed by atoms with E-state index < -0.39 is 29.4 Å². The largest absolute Gasteiger partial charge is 0.451 e. The van der Waals surface area contributed by atoms with Gasteiger partial charge in [0.25, 0.3) is 5.91 Å². The molecule has 4 heterocycles. The number of carbonyl (C=O) groups excluding carboxylic acids is 3. The van der Waals surface area contributed by atoms with Gasteiger partial charge in [0.15, 0.2) is 29.5 Å². The molecule has 37 heavy (non-hydrogen) atoms. The molecule has 1 saturated heterocycles. The van der Waals surface area contributed by atoms with Gasteiger partial charge in [0, 0.05) is 26.1 Å². The van der Waals surface area contributed by atoms with Gasteiger partial charge in [-0.05, 0) is 24.6 Å². The Bertz CT molecular complexity index is 1350. The van der Waals surface area contributed by atoms with Gasteiger partial charge in [-0.2, -0.15) is 5.10 Å². The molecule has 2 atom stereocenters. The van der Waals surface area contributed by atoms with E-state index >= 15 is 0 Å². The zero-order valence-electron chi connectivity index (χ0n) is 20.0. The van der Waals surface area contributed by atoms with E-state index in [9.17, 15) is 27.6 Å². The van der Waals surface area contributed by atoms with Gasteiger partial charge in [-0.1, -0.05) is 0 Å². The predicted octanol–water partition coefficient (Wildman–Crippen LogP) is 2.14. The molecule has 1 fully saturated rings. The standard InChI is InChI=1S/C24H23F3N6O4/c1-13-8-33-20(10-31(13)21(34)5-14-3-16(25)23(27)17(26)4-14)19(7-29-33)32-9-15(6-22(32)35)30(2)24(36)18-11-37-12-28-18/h3-4,7,11-13,15H,5-6,8-10H2,1-2H3/t13-,15?/m0/s1. The lowest BCUT2D eigenvalue weighted by molar-refractivity contribution is -0.134. The predicted molar refractivity (Wildman–Crippen MR) is 122 cm³/mol. The van der Waals surface area contributed by atoms with Crippen LogP contribution in [0.5, 0.6) is 0 Å². The van der Waals surface area contributed by atoms with Gasteiger partial charge < -0.3 is 19.1 Å². The van der Waals surface area contributed by atoms with Crippen LogP contribution >= 0.6 is 0 Å². The molecule has 1 aromatic carbocycles. The summed E-state index contributed by atoms with van der Waals surface area (Å²) in [6.45, 7) is 2.51. The number of nitrogens with zero attached hydrogens (tertiary/aromatic N) is 6. The summed E-state index contributed by atoms with van der Waals surface area (Å²) in [5.41, 5.74) is 1.31. The van der Waals surface area contributed by atoms with Crippen LogP contribution in [0.3, 0.4) is 0 Å². The molecule has 0 N–H and O–H groups in total. The summed E-state index contributed by atoms with van der Waals surface area (Å²) in [5, 5.41) is 4.38. The summed E-state index contributed by atoms with van der Waals surface area (Å²) in [6, 6.07) is 0.924. The fraction of sp³-hybridized carbons (Fsp3) is 0.375. The fourth-order valence-corrected chi connectivity index (χ4v) is 4.78. The van der Waals surface area contributed by atoms with Crippen molar-refractivity contribution in [2.24, 2.45) is 0 Å². The van der Waals surface area contributed by atoms with Crippen molar-refractivity contribution in [1.29, 1.82) is 0 Å². The number of hydrogen-bond acceptors (Lipinski definition) is 6. The Morgan fingerprint density at radius 2 is 1.92 bits per heavy atom. The second-order valence-electron chi connectivity index (χ2n) is 9.23. The molecular formula is C24H23F3N6O4. The minimum Gasteiger partial charge on any atom is -0.451 e. The van der Waals surface area contributed by atoms with Crippen molar-refractivity contribution >= 4 is 23.4 Å². The normalized spacial score (nSPS) is 19.3. The third-order valence-electron chi connectivity index (χ3n) is 6.85. The first-order valence-electron chi connectivity index (χ1n) is 11.6. The van der Waals surface area contributed by atoms with E-state index in [1.165, 1.54) is 16.1 Å². The molecule has 0 saturated carbocycles. The molecule has 0 radical (unpaired) electrons. The van der Waals surface area contributed by atoms with Crippen LogP contribution < -0.4 is 4.90 Å². The van der Waals surface area contributed by atoms with Crippen LogP contribution in [0.25, 0.3) is 0 Å². The second-order valence-corrected chi connectivity index (χ2v) is 9.23. The molecule has 0 aliphatic carbocycles. The fourth-order valence-electron chi connectivity index (χ4n) is 4.78. The number of hydrogen-bond donors (Lipinski definition) is 0. The van der Waals surface area contributed by atoms with Crippen molar-refractivity contribution in [3.8, 4) is 0 Å². The van der Waals surface area contributed by atoms with Crippen LogP contribution in [-0.4, -0.2) is 68.0 Å². The van der Waals surface area contributed by atoms with E-state index in [0.29, 0.717) is 17.9 Å². The molecule has 2 aromatic heterocycles. The van der Waals surface area contributed by atoms with Gasteiger partial charge in [-0.25, -0.2) is 18.2 Å². The Kier molecular flexibility index (Phi) is 6.21. The van der Waals surface area contributed by atoms with Crippen LogP contribution in [0.4, 0.5) is 18.9 Å². The number of benzene rings is 1. The van der Waals surface area contributed by atoms with Crippen molar-refractivity contribution in [3.05, 3.63) is 65.4 Å². The molecule has 5 rings (SSSR count). The number of carbonyl (C=O) groups is 3. The molecule has 1 unspecified atom stereocenters. The van der Waals surface area contributed by atoms with Crippen molar-refractivity contribution < 1.29 is 32.0 Å². The molecular weight excluding hydrogens is 493 g/mol. The second kappa shape index (κ2) is 9.37. The molecule has 2 aliphatic heterocycles. The first-order chi connectivity index (χ1) is 17.6. The molecule has 3 aromatic rings. The Labute approximate surface area is 209 Å². The van der Waals surface area contributed by atoms with Gasteiger partial charge in [-0.3, -0.25) is 19.1 Å². The summed E-state index contributed by atoms with van der Waals surface area (Å²) in [7, 11) is 1.59. The van der Waals surface area contributed by atoms with Gasteiger partial charge in [0.2, 0.25) is 11.8 Å². The first-order valence-corrected chi connectivity index (χ1v) is 11.6. The Hall–Kier alpha value is -4.16. The monoisotopic (exact) mass is 516 g/mol. The van der Waals surface area contributed by atoms with E-state index in [1.807, 2.05) is 6.92 Å². The highest BCUT2D eigenvalue weighted by Gasteiger charge is 2.39. The summed E-state index contributed by atoms with van der Waals surface area (Å²) in [5.74, 6) is -5.27. The third kappa shape index (κ3) is 4.45. The molecule has 3 amide bonds. The number of halogens is 3. The van der Waals surface area contributed by atoms with Gasteiger partial charge in [0.1, 0.15) is 6.26 Å². The number of fused-ring (bicyclic) bond motifs is 1. The minimum absolute atomic E-state index is 0.0188. The highest BCUT2D eigenvalue weighted by atomic mass is 19.2. The van der Waals surface area contributed by atoms with Crippen molar-refractivity contribution in [1.82, 2.24) is 24.6 Å². The SMILES string of the molecule is C[C@H]1Cn2ncc(N3CC(N(C)C(=O)c4cocn4)CC3=O)c2CN1C(=O)Cc1cc(F)c(F)c(F)c1. The van der Waals surface area contributed by atoms with Crippen molar-refractivity contribution in [2.75, 3.05) is 18.5 Å². The Morgan fingerprint density at radius 3 is 2.59 bits per heavy atom. The maximum Gasteiger partial charge on any atom is 0.275 e. The van der Waals surface area contributed by atoms with Crippen LogP contribution in [0, 0.1) is 17.5 Å². The first kappa shape index (κ1) is 24.5. The van der Waals surface area contributed by atoms with Crippen LogP contribution in [0.2, 0.25) is 0 Å². The number of anilines is 1. The van der Waals surface area contributed by atoms with Gasteiger partial charge in [0.05, 0.1) is 43.1 Å². The summed E-state index contributed by atoms with van der Waals surface area (Å²) in [6.07, 6.45) is 3.74. The molecule has 13 heteroatoms. The maximum absolute atomic E-state index is 13.6. The molecule has 2 aliphatic rings. The lowest BCUT2D eigenvalue weighted by atomic mass is 10.1. The number of rotatable bonds is 5. The Morgan fingerprint density at radius 1 is 1.19 bits per heavy atom. The minimum atomic E-state index is -1.59. The average molecular weight is 516 g/mol. The quantitative estimate of drug-likeness (QED) is 0.482. The van der Waals surface area contributed by atoms with Gasteiger partial charge >= 0.3 is 0 Å². The molecule has 10 nitrogen and oxygen atoms in total. The smallest absolute Gasteiger partial charge is 0.275 e. The van der Waals surface area contributed by atoms with E-state index in [0.717, 1.165) is 18.5 Å². The zero-order valence-corrected chi connectivity index (χ0v) is 20.0. The van der Waals surface area contributed by atoms with Crippen molar-refractivity contribution in [3.63, 3.8) is 0 Å². The maximum atomic E-state index is 13.6. The Balaban J connectivity index is 1.32. The number of aromatic nitrogens is 3.